The molecule has 5 rings (SSSR count). The van der Waals surface area contributed by atoms with E-state index in [1.807, 2.05) is 29.8 Å². The van der Waals surface area contributed by atoms with E-state index in [0.717, 1.165) is 35.6 Å². The van der Waals surface area contributed by atoms with Gasteiger partial charge in [-0.1, -0.05) is 19.9 Å². The molecule has 0 saturated carbocycles. The largest absolute Gasteiger partial charge is 0.472 e. The molecular weight excluding hydrogens is 488 g/mol. The first kappa shape index (κ1) is 25.3. The average molecular weight is 521 g/mol. The molecular formula is C27H32N6O3S. The Morgan fingerprint density at radius 2 is 2.14 bits per heavy atom. The van der Waals surface area contributed by atoms with Gasteiger partial charge in [0, 0.05) is 29.8 Å². The Bertz CT molecular complexity index is 1380. The van der Waals surface area contributed by atoms with Crippen molar-refractivity contribution in [3.05, 3.63) is 53.2 Å². The third-order valence-electron chi connectivity index (χ3n) is 6.87. The van der Waals surface area contributed by atoms with E-state index in [2.05, 4.69) is 30.8 Å². The SMILES string of the molecule is CCN(CC)[C@@H](C)Cc1c(C(N)=O)cc(-c2cnn3ccc(-c4cccs4)nc23)nc1O[C@H]1CCOC1. The van der Waals surface area contributed by atoms with Gasteiger partial charge in [0.05, 0.1) is 41.2 Å². The molecule has 5 heterocycles. The predicted molar refractivity (Wildman–Crippen MR) is 144 cm³/mol. The van der Waals surface area contributed by atoms with Gasteiger partial charge in [0.15, 0.2) is 5.65 Å². The number of rotatable bonds is 10. The molecule has 0 bridgehead atoms. The molecule has 194 valence electrons. The highest BCUT2D eigenvalue weighted by molar-refractivity contribution is 7.13. The molecule has 10 heteroatoms. The summed E-state index contributed by atoms with van der Waals surface area (Å²) in [6.07, 6.45) is 4.83. The van der Waals surface area contributed by atoms with E-state index in [4.69, 9.17) is 25.2 Å². The topological polar surface area (TPSA) is 108 Å². The van der Waals surface area contributed by atoms with Crippen molar-refractivity contribution in [2.75, 3.05) is 26.3 Å². The van der Waals surface area contributed by atoms with Crippen LogP contribution in [-0.4, -0.2) is 68.8 Å². The summed E-state index contributed by atoms with van der Waals surface area (Å²) in [5, 5.41) is 6.50. The number of aromatic nitrogens is 4. The molecule has 2 atom stereocenters. The fourth-order valence-electron chi connectivity index (χ4n) is 4.85. The number of thiophene rings is 1. The number of primary amides is 1. The molecule has 4 aromatic heterocycles. The molecule has 1 aliphatic heterocycles. The van der Waals surface area contributed by atoms with Crippen molar-refractivity contribution in [1.29, 1.82) is 0 Å². The standard InChI is InChI=1S/C27H32N6O3S/c1-4-32(5-2)17(3)13-20-19(25(28)34)14-23(31-27(20)36-18-9-11-35-16-18)21-15-29-33-10-8-22(30-26(21)33)24-7-6-12-37-24/h6-8,10,12,14-15,17-18H,4-5,9,11,13,16H2,1-3H3,(H2,28,34)/t17-,18-/m0/s1. The van der Waals surface area contributed by atoms with Crippen molar-refractivity contribution >= 4 is 22.9 Å². The number of pyridine rings is 1. The van der Waals surface area contributed by atoms with Crippen LogP contribution in [0.1, 0.15) is 43.1 Å². The van der Waals surface area contributed by atoms with Gasteiger partial charge in [-0.25, -0.2) is 14.5 Å². The number of fused-ring (bicyclic) bond motifs is 1. The Balaban J connectivity index is 1.63. The number of nitrogens with two attached hydrogens (primary N) is 1. The van der Waals surface area contributed by atoms with E-state index in [-0.39, 0.29) is 12.1 Å². The van der Waals surface area contributed by atoms with E-state index in [1.54, 1.807) is 28.1 Å². The van der Waals surface area contributed by atoms with Gasteiger partial charge < -0.3 is 20.1 Å². The summed E-state index contributed by atoms with van der Waals surface area (Å²) in [6.45, 7) is 9.35. The van der Waals surface area contributed by atoms with Gasteiger partial charge in [-0.15, -0.1) is 11.3 Å². The fraction of sp³-hybridized carbons (Fsp3) is 0.407. The summed E-state index contributed by atoms with van der Waals surface area (Å²) >= 11 is 1.62. The quantitative estimate of drug-likeness (QED) is 0.336. The van der Waals surface area contributed by atoms with Gasteiger partial charge in [-0.3, -0.25) is 4.79 Å². The first-order valence-corrected chi connectivity index (χ1v) is 13.6. The summed E-state index contributed by atoms with van der Waals surface area (Å²) in [4.78, 5) is 26.0. The van der Waals surface area contributed by atoms with Crippen molar-refractivity contribution < 1.29 is 14.3 Å². The first-order chi connectivity index (χ1) is 18.0. The minimum absolute atomic E-state index is 0.126. The fourth-order valence-corrected chi connectivity index (χ4v) is 5.54. The van der Waals surface area contributed by atoms with E-state index in [9.17, 15) is 4.79 Å². The van der Waals surface area contributed by atoms with Crippen LogP contribution >= 0.6 is 11.3 Å². The van der Waals surface area contributed by atoms with Gasteiger partial charge >= 0.3 is 0 Å². The lowest BCUT2D eigenvalue weighted by molar-refractivity contribution is 0.0996. The highest BCUT2D eigenvalue weighted by atomic mass is 32.1. The van der Waals surface area contributed by atoms with Gasteiger partial charge in [0.1, 0.15) is 6.10 Å². The lowest BCUT2D eigenvalue weighted by Crippen LogP contribution is -2.35. The molecule has 0 aromatic carbocycles. The van der Waals surface area contributed by atoms with Crippen LogP contribution in [0.25, 0.3) is 27.5 Å². The summed E-state index contributed by atoms with van der Waals surface area (Å²) in [5.41, 5.74) is 9.82. The molecule has 4 aromatic rings. The Morgan fingerprint density at radius 1 is 1.30 bits per heavy atom. The zero-order chi connectivity index (χ0) is 25.9. The third-order valence-corrected chi connectivity index (χ3v) is 7.76. The number of ether oxygens (including phenoxy) is 2. The Labute approximate surface area is 220 Å². The van der Waals surface area contributed by atoms with Gasteiger partial charge in [0.25, 0.3) is 0 Å². The summed E-state index contributed by atoms with van der Waals surface area (Å²) in [7, 11) is 0. The van der Waals surface area contributed by atoms with E-state index >= 15 is 0 Å². The minimum atomic E-state index is -0.512. The zero-order valence-corrected chi connectivity index (χ0v) is 22.2. The molecule has 37 heavy (non-hydrogen) atoms. The maximum Gasteiger partial charge on any atom is 0.249 e. The molecule has 0 aliphatic carbocycles. The molecule has 0 spiro atoms. The van der Waals surface area contributed by atoms with Gasteiger partial charge in [-0.05, 0) is 50.0 Å². The van der Waals surface area contributed by atoms with Crippen LogP contribution in [0.15, 0.2) is 42.0 Å². The number of likely N-dealkylation sites (N-methyl/N-ethyl adjacent to an activating group) is 1. The molecule has 1 fully saturated rings. The summed E-state index contributed by atoms with van der Waals surface area (Å²) in [5.74, 6) is -0.0869. The van der Waals surface area contributed by atoms with Crippen LogP contribution in [0.3, 0.4) is 0 Å². The number of hydrogen-bond acceptors (Lipinski definition) is 8. The second-order valence-corrected chi connectivity index (χ2v) is 10.1. The predicted octanol–water partition coefficient (Wildman–Crippen LogP) is 4.06. The van der Waals surface area contributed by atoms with Gasteiger partial charge in [0.2, 0.25) is 11.8 Å². The highest BCUT2D eigenvalue weighted by Gasteiger charge is 2.26. The van der Waals surface area contributed by atoms with Crippen LogP contribution in [-0.2, 0) is 11.2 Å². The Morgan fingerprint density at radius 3 is 2.81 bits per heavy atom. The summed E-state index contributed by atoms with van der Waals surface area (Å²) < 4.78 is 13.6. The van der Waals surface area contributed by atoms with E-state index < -0.39 is 5.91 Å². The number of nitrogens with zero attached hydrogens (tertiary/aromatic N) is 5. The van der Waals surface area contributed by atoms with Crippen LogP contribution in [0.5, 0.6) is 5.88 Å². The van der Waals surface area contributed by atoms with Crippen molar-refractivity contribution in [3.8, 4) is 27.7 Å². The number of carbonyl (C=O) groups is 1. The molecule has 0 radical (unpaired) electrons. The maximum absolute atomic E-state index is 12.8. The second-order valence-electron chi connectivity index (χ2n) is 9.20. The van der Waals surface area contributed by atoms with Gasteiger partial charge in [-0.2, -0.15) is 5.10 Å². The molecule has 0 unspecified atom stereocenters. The lowest BCUT2D eigenvalue weighted by atomic mass is 9.99. The lowest BCUT2D eigenvalue weighted by Gasteiger charge is -2.28. The molecule has 9 nitrogen and oxygen atoms in total. The smallest absolute Gasteiger partial charge is 0.249 e. The van der Waals surface area contributed by atoms with Crippen molar-refractivity contribution in [2.45, 2.75) is 45.8 Å². The minimum Gasteiger partial charge on any atom is -0.472 e. The molecule has 1 saturated heterocycles. The number of hydrogen-bond donors (Lipinski definition) is 1. The molecule has 1 amide bonds. The van der Waals surface area contributed by atoms with Crippen molar-refractivity contribution in [2.24, 2.45) is 5.73 Å². The molecule has 2 N–H and O–H groups in total. The maximum atomic E-state index is 12.8. The Hall–Kier alpha value is -3.34. The normalized spacial score (nSPS) is 16.5. The number of carbonyl (C=O) groups excluding carboxylic acids is 1. The monoisotopic (exact) mass is 520 g/mol. The van der Waals surface area contributed by atoms with Crippen LogP contribution in [0.4, 0.5) is 0 Å². The van der Waals surface area contributed by atoms with Crippen molar-refractivity contribution in [3.63, 3.8) is 0 Å². The van der Waals surface area contributed by atoms with Crippen LogP contribution in [0.2, 0.25) is 0 Å². The van der Waals surface area contributed by atoms with E-state index in [1.165, 1.54) is 0 Å². The van der Waals surface area contributed by atoms with Crippen molar-refractivity contribution in [1.82, 2.24) is 24.5 Å². The second kappa shape index (κ2) is 11.0. The third kappa shape index (κ3) is 5.22. The summed E-state index contributed by atoms with van der Waals surface area (Å²) in [6, 6.07) is 7.89. The Kier molecular flexibility index (Phi) is 7.50. The number of amides is 1. The average Bonchev–Trinajstić information content (AvgIpc) is 3.67. The van der Waals surface area contributed by atoms with Crippen LogP contribution < -0.4 is 10.5 Å². The van der Waals surface area contributed by atoms with E-state index in [0.29, 0.717) is 48.0 Å². The zero-order valence-electron chi connectivity index (χ0n) is 21.4. The molecule has 1 aliphatic rings. The first-order valence-electron chi connectivity index (χ1n) is 12.7. The highest BCUT2D eigenvalue weighted by Crippen LogP contribution is 2.33. The van der Waals surface area contributed by atoms with Crippen LogP contribution in [0, 0.1) is 0 Å².